The molecule has 0 N–H and O–H groups in total. The van der Waals surface area contributed by atoms with Crippen LogP contribution in [0.5, 0.6) is 0 Å². The fourth-order valence-corrected chi connectivity index (χ4v) is 2.16. The molecular formula is C12H21F2N. The Bertz CT molecular complexity index is 270. The Kier molecular flexibility index (Phi) is 3.24. The highest BCUT2D eigenvalue weighted by molar-refractivity contribution is 5.17. The molecule has 1 nitrogen and oxygen atoms in total. The zero-order valence-corrected chi connectivity index (χ0v) is 10.3. The molecule has 1 fully saturated rings. The van der Waals surface area contributed by atoms with Crippen LogP contribution in [0.1, 0.15) is 41.0 Å². The van der Waals surface area contributed by atoms with Crippen molar-refractivity contribution in [3.63, 3.8) is 0 Å². The van der Waals surface area contributed by atoms with Crippen molar-refractivity contribution in [3.8, 4) is 0 Å². The molecular weight excluding hydrogens is 196 g/mol. The van der Waals surface area contributed by atoms with Crippen LogP contribution >= 0.6 is 0 Å². The van der Waals surface area contributed by atoms with E-state index in [1.165, 1.54) is 0 Å². The highest BCUT2D eigenvalue weighted by Gasteiger charge is 2.37. The minimum Gasteiger partial charge on any atom is -0.297 e. The maximum atomic E-state index is 12.7. The molecule has 1 heterocycles. The fourth-order valence-electron chi connectivity index (χ4n) is 2.16. The van der Waals surface area contributed by atoms with E-state index >= 15 is 0 Å². The van der Waals surface area contributed by atoms with Gasteiger partial charge in [0.2, 0.25) is 0 Å². The van der Waals surface area contributed by atoms with Gasteiger partial charge in [0.15, 0.2) is 0 Å². The van der Waals surface area contributed by atoms with Crippen LogP contribution in [0.3, 0.4) is 0 Å². The molecule has 1 saturated heterocycles. The molecule has 0 spiro atoms. The van der Waals surface area contributed by atoms with Crippen LogP contribution in [0.4, 0.5) is 8.78 Å². The quantitative estimate of drug-likeness (QED) is 0.598. The van der Waals surface area contributed by atoms with Crippen LogP contribution in [0.25, 0.3) is 0 Å². The lowest BCUT2D eigenvalue weighted by atomic mass is 9.78. The van der Waals surface area contributed by atoms with Gasteiger partial charge in [-0.3, -0.25) is 4.90 Å². The Labute approximate surface area is 91.1 Å². The lowest BCUT2D eigenvalue weighted by molar-refractivity contribution is 0.0699. The molecule has 1 aliphatic heterocycles. The molecule has 0 aromatic rings. The van der Waals surface area contributed by atoms with Crippen LogP contribution in [0.2, 0.25) is 0 Å². The summed E-state index contributed by atoms with van der Waals surface area (Å²) in [6, 6.07) is 0. The molecule has 1 aliphatic rings. The molecule has 0 saturated carbocycles. The molecule has 0 unspecified atom stereocenters. The maximum Gasteiger partial charge on any atom is 0.270 e. The summed E-state index contributed by atoms with van der Waals surface area (Å²) in [4.78, 5) is 2.28. The van der Waals surface area contributed by atoms with Gasteiger partial charge < -0.3 is 0 Å². The van der Waals surface area contributed by atoms with Crippen LogP contribution < -0.4 is 0 Å². The third kappa shape index (κ3) is 2.77. The topological polar surface area (TPSA) is 3.24 Å². The molecule has 0 amide bonds. The van der Waals surface area contributed by atoms with Crippen LogP contribution in [-0.4, -0.2) is 23.5 Å². The lowest BCUT2D eigenvalue weighted by Crippen LogP contribution is -2.50. The van der Waals surface area contributed by atoms with Crippen molar-refractivity contribution in [1.29, 1.82) is 0 Å². The number of hydrogen-bond acceptors (Lipinski definition) is 1. The Balaban J connectivity index is 2.87. The van der Waals surface area contributed by atoms with Crippen molar-refractivity contribution in [2.24, 2.45) is 5.41 Å². The second-order valence-electron chi connectivity index (χ2n) is 5.97. The van der Waals surface area contributed by atoms with Crippen LogP contribution in [0.15, 0.2) is 11.7 Å². The second kappa shape index (κ2) is 3.85. The van der Waals surface area contributed by atoms with Crippen LogP contribution in [0, 0.1) is 5.41 Å². The average molecular weight is 217 g/mol. The van der Waals surface area contributed by atoms with Gasteiger partial charge >= 0.3 is 0 Å². The summed E-state index contributed by atoms with van der Waals surface area (Å²) >= 11 is 0. The Morgan fingerprint density at radius 1 is 1.27 bits per heavy atom. The third-order valence-electron chi connectivity index (χ3n) is 3.21. The summed E-state index contributed by atoms with van der Waals surface area (Å²) in [5.74, 6) is 0. The average Bonchev–Trinajstić information content (AvgIpc) is 1.99. The Hall–Kier alpha value is -0.440. The van der Waals surface area contributed by atoms with Gasteiger partial charge in [-0.2, -0.15) is 8.78 Å². The molecule has 0 aromatic heterocycles. The predicted molar refractivity (Wildman–Crippen MR) is 59.0 cm³/mol. The first-order valence-corrected chi connectivity index (χ1v) is 5.44. The van der Waals surface area contributed by atoms with Gasteiger partial charge in [-0.05, 0) is 27.2 Å². The summed E-state index contributed by atoms with van der Waals surface area (Å²) in [5.41, 5.74) is 0.00273. The van der Waals surface area contributed by atoms with Crippen molar-refractivity contribution in [2.75, 3.05) is 13.1 Å². The van der Waals surface area contributed by atoms with E-state index in [0.717, 1.165) is 6.54 Å². The van der Waals surface area contributed by atoms with E-state index in [2.05, 4.69) is 25.7 Å². The number of rotatable bonds is 0. The monoisotopic (exact) mass is 217 g/mol. The SMILES string of the molecule is CC1(C)CN(C(C)(C)C)CCC1=C(F)F. The van der Waals surface area contributed by atoms with Gasteiger partial charge in [0, 0.05) is 29.6 Å². The standard InChI is InChI=1S/C12H21F2N/c1-11(2,3)15-7-6-9(10(13)14)12(4,5)8-15/h6-8H2,1-5H3. The molecule has 1 rings (SSSR count). The van der Waals surface area contributed by atoms with E-state index < -0.39 is 11.5 Å². The van der Waals surface area contributed by atoms with E-state index in [-0.39, 0.29) is 5.54 Å². The lowest BCUT2D eigenvalue weighted by Gasteiger charge is -2.46. The molecule has 3 heteroatoms. The number of piperidine rings is 1. The molecule has 0 aromatic carbocycles. The first-order valence-electron chi connectivity index (χ1n) is 5.44. The van der Waals surface area contributed by atoms with Gasteiger partial charge in [-0.25, -0.2) is 0 Å². The van der Waals surface area contributed by atoms with Crippen molar-refractivity contribution in [1.82, 2.24) is 4.90 Å². The summed E-state index contributed by atoms with van der Waals surface area (Å²) in [5, 5.41) is 0. The first kappa shape index (κ1) is 12.6. The number of halogens is 2. The number of nitrogens with zero attached hydrogens (tertiary/aromatic N) is 1. The van der Waals surface area contributed by atoms with Crippen molar-refractivity contribution < 1.29 is 8.78 Å². The van der Waals surface area contributed by atoms with E-state index in [4.69, 9.17) is 0 Å². The maximum absolute atomic E-state index is 12.7. The van der Waals surface area contributed by atoms with Gasteiger partial charge in [-0.1, -0.05) is 13.8 Å². The number of likely N-dealkylation sites (tertiary alicyclic amines) is 1. The van der Waals surface area contributed by atoms with E-state index in [1.54, 1.807) is 0 Å². The van der Waals surface area contributed by atoms with Gasteiger partial charge in [0.25, 0.3) is 6.08 Å². The zero-order chi connectivity index (χ0) is 11.9. The van der Waals surface area contributed by atoms with E-state index in [1.807, 2.05) is 13.8 Å². The summed E-state index contributed by atoms with van der Waals surface area (Å²) < 4.78 is 25.4. The summed E-state index contributed by atoms with van der Waals surface area (Å²) in [7, 11) is 0. The highest BCUT2D eigenvalue weighted by Crippen LogP contribution is 2.39. The van der Waals surface area contributed by atoms with Gasteiger partial charge in [0.1, 0.15) is 0 Å². The summed E-state index contributed by atoms with van der Waals surface area (Å²) in [6.45, 7) is 11.6. The molecule has 0 bridgehead atoms. The van der Waals surface area contributed by atoms with Gasteiger partial charge in [-0.15, -0.1) is 0 Å². The smallest absolute Gasteiger partial charge is 0.270 e. The highest BCUT2D eigenvalue weighted by atomic mass is 19.3. The minimum absolute atomic E-state index is 0.0651. The minimum atomic E-state index is -1.48. The second-order valence-corrected chi connectivity index (χ2v) is 5.97. The third-order valence-corrected chi connectivity index (χ3v) is 3.21. The molecule has 0 atom stereocenters. The van der Waals surface area contributed by atoms with Crippen LogP contribution in [-0.2, 0) is 0 Å². The van der Waals surface area contributed by atoms with Crippen molar-refractivity contribution >= 4 is 0 Å². The van der Waals surface area contributed by atoms with Crippen molar-refractivity contribution in [3.05, 3.63) is 11.7 Å². The first-order chi connectivity index (χ1) is 6.64. The molecule has 0 radical (unpaired) electrons. The van der Waals surface area contributed by atoms with Gasteiger partial charge in [0.05, 0.1) is 0 Å². The Morgan fingerprint density at radius 2 is 1.80 bits per heavy atom. The largest absolute Gasteiger partial charge is 0.297 e. The zero-order valence-electron chi connectivity index (χ0n) is 10.3. The number of hydrogen-bond donors (Lipinski definition) is 0. The summed E-state index contributed by atoms with van der Waals surface area (Å²) in [6.07, 6.45) is -0.986. The van der Waals surface area contributed by atoms with Crippen molar-refractivity contribution in [2.45, 2.75) is 46.6 Å². The van der Waals surface area contributed by atoms with E-state index in [9.17, 15) is 8.78 Å². The predicted octanol–water partition coefficient (Wildman–Crippen LogP) is 3.67. The van der Waals surface area contributed by atoms with E-state index in [0.29, 0.717) is 18.5 Å². The fraction of sp³-hybridized carbons (Fsp3) is 0.833. The molecule has 15 heavy (non-hydrogen) atoms. The molecule has 88 valence electrons. The normalized spacial score (nSPS) is 23.0. The molecule has 0 aliphatic carbocycles. The Morgan fingerprint density at radius 3 is 2.13 bits per heavy atom.